The van der Waals surface area contributed by atoms with E-state index in [4.69, 9.17) is 14.2 Å². The van der Waals surface area contributed by atoms with Crippen molar-refractivity contribution >= 4 is 12.0 Å². The lowest BCUT2D eigenvalue weighted by atomic mass is 9.89. The van der Waals surface area contributed by atoms with Crippen molar-refractivity contribution in [1.29, 1.82) is 0 Å². The number of allylic oxidation sites excluding steroid dienone is 1. The van der Waals surface area contributed by atoms with Crippen LogP contribution in [0, 0.1) is 5.92 Å². The predicted octanol–water partition coefficient (Wildman–Crippen LogP) is 2.02. The number of nitrogens with one attached hydrogen (secondary N) is 2. The molecule has 0 saturated carbocycles. The van der Waals surface area contributed by atoms with E-state index in [1.807, 2.05) is 6.92 Å². The van der Waals surface area contributed by atoms with E-state index in [1.54, 1.807) is 30.4 Å². The summed E-state index contributed by atoms with van der Waals surface area (Å²) >= 11 is 0. The molecule has 0 aromatic heterocycles. The highest BCUT2D eigenvalue weighted by Crippen LogP contribution is 2.37. The monoisotopic (exact) mass is 330 g/mol. The third-order valence-corrected chi connectivity index (χ3v) is 3.84. The molecule has 0 aliphatic carbocycles. The second-order valence-corrected chi connectivity index (χ2v) is 5.39. The molecule has 0 spiro atoms. The number of hydrogen-bond donors (Lipinski definition) is 2. The summed E-state index contributed by atoms with van der Waals surface area (Å²) in [6, 6.07) is 4.26. The van der Waals surface area contributed by atoms with Crippen molar-refractivity contribution in [2.24, 2.45) is 5.92 Å². The highest BCUT2D eigenvalue weighted by Gasteiger charge is 2.39. The summed E-state index contributed by atoms with van der Waals surface area (Å²) in [5, 5.41) is 5.28. The molecule has 1 aromatic carbocycles. The second-order valence-electron chi connectivity index (χ2n) is 5.39. The lowest BCUT2D eigenvalue weighted by molar-refractivity contribution is -0.147. The number of urea groups is 1. The van der Waals surface area contributed by atoms with Crippen LogP contribution in [-0.2, 0) is 9.53 Å². The number of esters is 1. The highest BCUT2D eigenvalue weighted by molar-refractivity contribution is 5.85. The first-order valence-electron chi connectivity index (χ1n) is 7.54. The van der Waals surface area contributed by atoms with Crippen molar-refractivity contribution in [1.82, 2.24) is 10.6 Å². The van der Waals surface area contributed by atoms with Crippen molar-refractivity contribution in [3.63, 3.8) is 0 Å². The van der Waals surface area contributed by atoms with Crippen LogP contribution < -0.4 is 20.1 Å². The molecule has 2 aliphatic heterocycles. The molecule has 0 radical (unpaired) electrons. The highest BCUT2D eigenvalue weighted by atomic mass is 16.7. The molecule has 0 unspecified atom stereocenters. The van der Waals surface area contributed by atoms with Gasteiger partial charge in [0.1, 0.15) is 12.5 Å². The summed E-state index contributed by atoms with van der Waals surface area (Å²) in [7, 11) is 0. The zero-order valence-electron chi connectivity index (χ0n) is 13.2. The zero-order chi connectivity index (χ0) is 17.1. The number of ether oxygens (including phenoxy) is 3. The number of benzene rings is 1. The Hall–Kier alpha value is -2.96. The Morgan fingerprint density at radius 2 is 2.21 bits per heavy atom. The molecule has 1 fully saturated rings. The van der Waals surface area contributed by atoms with Gasteiger partial charge in [0.15, 0.2) is 11.5 Å². The Morgan fingerprint density at radius 3 is 3.00 bits per heavy atom. The Kier molecular flexibility index (Phi) is 4.41. The molecule has 7 nitrogen and oxygen atoms in total. The van der Waals surface area contributed by atoms with Crippen LogP contribution in [0.2, 0.25) is 0 Å². The van der Waals surface area contributed by atoms with Crippen molar-refractivity contribution in [3.8, 4) is 11.5 Å². The van der Waals surface area contributed by atoms with Gasteiger partial charge in [-0.2, -0.15) is 0 Å². The van der Waals surface area contributed by atoms with Gasteiger partial charge >= 0.3 is 12.0 Å². The van der Waals surface area contributed by atoms with E-state index >= 15 is 0 Å². The fraction of sp³-hybridized carbons (Fsp3) is 0.294. The van der Waals surface area contributed by atoms with Crippen molar-refractivity contribution in [2.75, 3.05) is 13.4 Å². The first kappa shape index (κ1) is 15.9. The molecule has 2 N–H and O–H groups in total. The predicted molar refractivity (Wildman–Crippen MR) is 85.4 cm³/mol. The zero-order valence-corrected chi connectivity index (χ0v) is 13.2. The van der Waals surface area contributed by atoms with Crippen molar-refractivity contribution in [3.05, 3.63) is 48.2 Å². The first-order valence-corrected chi connectivity index (χ1v) is 7.54. The van der Waals surface area contributed by atoms with E-state index in [9.17, 15) is 9.59 Å². The molecule has 2 amide bonds. The van der Waals surface area contributed by atoms with Gasteiger partial charge in [0, 0.05) is 5.70 Å². The summed E-state index contributed by atoms with van der Waals surface area (Å²) < 4.78 is 15.9. The number of fused-ring (bicyclic) bond motifs is 1. The Bertz CT molecular complexity index is 713. The Balaban J connectivity index is 1.87. The molecule has 2 aliphatic rings. The van der Waals surface area contributed by atoms with Crippen LogP contribution in [0.1, 0.15) is 18.5 Å². The van der Waals surface area contributed by atoms with Gasteiger partial charge in [-0.1, -0.05) is 24.8 Å². The minimum Gasteiger partial charge on any atom is -0.461 e. The Labute approximate surface area is 139 Å². The van der Waals surface area contributed by atoms with Gasteiger partial charge in [-0.25, -0.2) is 4.79 Å². The molecule has 2 heterocycles. The maximum atomic E-state index is 12.4. The van der Waals surface area contributed by atoms with E-state index in [1.165, 1.54) is 0 Å². The second kappa shape index (κ2) is 6.66. The molecule has 7 heteroatoms. The lowest BCUT2D eigenvalue weighted by Gasteiger charge is -2.33. The molecular weight excluding hydrogens is 312 g/mol. The van der Waals surface area contributed by atoms with Gasteiger partial charge in [0.2, 0.25) is 6.79 Å². The molecular formula is C17H18N2O5. The van der Waals surface area contributed by atoms with Gasteiger partial charge in [-0.15, -0.1) is 0 Å². The number of carbonyl (C=O) groups is 2. The number of amides is 2. The van der Waals surface area contributed by atoms with Crippen LogP contribution in [0.4, 0.5) is 4.79 Å². The van der Waals surface area contributed by atoms with E-state index < -0.39 is 24.0 Å². The van der Waals surface area contributed by atoms with Crippen LogP contribution in [0.3, 0.4) is 0 Å². The van der Waals surface area contributed by atoms with E-state index in [0.29, 0.717) is 22.8 Å². The first-order chi connectivity index (χ1) is 11.6. The molecule has 24 heavy (non-hydrogen) atoms. The molecule has 0 bridgehead atoms. The van der Waals surface area contributed by atoms with Crippen LogP contribution in [0.25, 0.3) is 0 Å². The standard InChI is InChI=1S/C17H18N2O5/c1-3-4-7-22-16(20)14-10(2)18-17(21)19-15(14)11-5-6-12-13(8-11)24-9-23-12/h3-6,8,14-15H,2,7,9H2,1H3,(H2,18,19,21)/b4-3-/t14-,15-/m1/s1. The third kappa shape index (κ3) is 3.05. The van der Waals surface area contributed by atoms with Gasteiger partial charge in [-0.3, -0.25) is 4.79 Å². The van der Waals surface area contributed by atoms with E-state index in [0.717, 1.165) is 0 Å². The normalized spacial score (nSPS) is 22.2. The van der Waals surface area contributed by atoms with Gasteiger partial charge in [0.05, 0.1) is 6.04 Å². The summed E-state index contributed by atoms with van der Waals surface area (Å²) in [5.74, 6) is -0.00133. The molecule has 3 rings (SSSR count). The van der Waals surface area contributed by atoms with Gasteiger partial charge < -0.3 is 24.8 Å². The number of rotatable bonds is 4. The van der Waals surface area contributed by atoms with E-state index in [2.05, 4.69) is 17.2 Å². The average molecular weight is 330 g/mol. The summed E-state index contributed by atoms with van der Waals surface area (Å²) in [5.41, 5.74) is 1.01. The smallest absolute Gasteiger partial charge is 0.319 e. The lowest BCUT2D eigenvalue weighted by Crippen LogP contribution is -2.51. The largest absolute Gasteiger partial charge is 0.461 e. The fourth-order valence-corrected chi connectivity index (χ4v) is 2.66. The summed E-state index contributed by atoms with van der Waals surface area (Å²) in [6.45, 7) is 5.95. The quantitative estimate of drug-likeness (QED) is 0.651. The molecule has 1 saturated heterocycles. The third-order valence-electron chi connectivity index (χ3n) is 3.84. The summed E-state index contributed by atoms with van der Waals surface area (Å²) in [6.07, 6.45) is 3.52. The number of hydrogen-bond acceptors (Lipinski definition) is 5. The molecule has 1 aromatic rings. The molecule has 2 atom stereocenters. The minimum atomic E-state index is -0.742. The van der Waals surface area contributed by atoms with Crippen LogP contribution in [0.5, 0.6) is 11.5 Å². The maximum absolute atomic E-state index is 12.4. The Morgan fingerprint density at radius 1 is 1.42 bits per heavy atom. The minimum absolute atomic E-state index is 0.152. The van der Waals surface area contributed by atoms with Gasteiger partial charge in [-0.05, 0) is 24.6 Å². The van der Waals surface area contributed by atoms with Crippen LogP contribution in [-0.4, -0.2) is 25.4 Å². The summed E-state index contributed by atoms with van der Waals surface area (Å²) in [4.78, 5) is 24.3. The SMILES string of the molecule is C=C1NC(=O)N[C@H](c2ccc3c(c2)OCO3)[C@@H]1C(=O)OC/C=C\C. The average Bonchev–Trinajstić information content (AvgIpc) is 3.01. The molecule has 126 valence electrons. The topological polar surface area (TPSA) is 85.9 Å². The fourth-order valence-electron chi connectivity index (χ4n) is 2.66. The number of carbonyl (C=O) groups excluding carboxylic acids is 2. The maximum Gasteiger partial charge on any atom is 0.319 e. The van der Waals surface area contributed by atoms with Crippen molar-refractivity contribution < 1.29 is 23.8 Å². The van der Waals surface area contributed by atoms with E-state index in [-0.39, 0.29) is 13.4 Å². The van der Waals surface area contributed by atoms with Crippen molar-refractivity contribution in [2.45, 2.75) is 13.0 Å². The van der Waals surface area contributed by atoms with Crippen LogP contribution >= 0.6 is 0 Å². The van der Waals surface area contributed by atoms with Gasteiger partial charge in [0.25, 0.3) is 0 Å². The van der Waals surface area contributed by atoms with Crippen LogP contribution in [0.15, 0.2) is 42.6 Å².